The van der Waals surface area contributed by atoms with Crippen molar-refractivity contribution in [3.8, 4) is 0 Å². The predicted molar refractivity (Wildman–Crippen MR) is 131 cm³/mol. The number of hydrogen-bond acceptors (Lipinski definition) is 4. The molecule has 0 amide bonds. The van der Waals surface area contributed by atoms with Gasteiger partial charge in [0.2, 0.25) is 0 Å². The largest absolute Gasteiger partial charge is 0.384 e. The number of rotatable bonds is 3. The highest BCUT2D eigenvalue weighted by Crippen LogP contribution is 2.46. The second-order valence-corrected chi connectivity index (χ2v) is 9.53. The lowest BCUT2D eigenvalue weighted by atomic mass is 10.1. The molecule has 2 heterocycles. The van der Waals surface area contributed by atoms with E-state index in [2.05, 4.69) is 60.3 Å². The van der Waals surface area contributed by atoms with E-state index in [4.69, 9.17) is 33.0 Å². The van der Waals surface area contributed by atoms with Crippen LogP contribution in [-0.4, -0.2) is 16.3 Å². The molecule has 0 aliphatic carbocycles. The zero-order valence-corrected chi connectivity index (χ0v) is 19.2. The molecule has 0 spiro atoms. The Morgan fingerprint density at radius 1 is 0.935 bits per heavy atom. The van der Waals surface area contributed by atoms with Gasteiger partial charge >= 0.3 is 0 Å². The van der Waals surface area contributed by atoms with Crippen molar-refractivity contribution in [2.75, 3.05) is 4.90 Å². The van der Waals surface area contributed by atoms with Crippen molar-refractivity contribution in [2.45, 2.75) is 25.2 Å². The number of anilines is 1. The minimum atomic E-state index is -0.316. The standard InChI is InChI=1S/C24H19Cl2N3OS/c1-14-3-8-17(9-4-14)27-24-29(18-10-5-15(2)6-11-18)23-22(31-24)21(30-28-23)19-12-7-16(25)13-20(19)26/h3-13,21-22H,1-2H3. The van der Waals surface area contributed by atoms with Gasteiger partial charge in [0, 0.05) is 21.3 Å². The number of oxime groups is 1. The molecule has 2 unspecified atom stereocenters. The number of hydrogen-bond donors (Lipinski definition) is 0. The lowest BCUT2D eigenvalue weighted by Crippen LogP contribution is -2.31. The summed E-state index contributed by atoms with van der Waals surface area (Å²) < 4.78 is 0. The van der Waals surface area contributed by atoms with Crippen LogP contribution in [0.4, 0.5) is 11.4 Å². The monoisotopic (exact) mass is 467 g/mol. The van der Waals surface area contributed by atoms with Gasteiger partial charge in [-0.15, -0.1) is 0 Å². The summed E-state index contributed by atoms with van der Waals surface area (Å²) in [7, 11) is 0. The van der Waals surface area contributed by atoms with Crippen molar-refractivity contribution in [1.82, 2.24) is 0 Å². The number of aryl methyl sites for hydroxylation is 2. The van der Waals surface area contributed by atoms with Crippen LogP contribution in [0.2, 0.25) is 10.0 Å². The molecule has 3 aromatic carbocycles. The molecule has 0 radical (unpaired) electrons. The average molecular weight is 468 g/mol. The number of thioether (sulfide) groups is 1. The Balaban J connectivity index is 1.56. The number of aliphatic imine (C=N–C) groups is 1. The summed E-state index contributed by atoms with van der Waals surface area (Å²) in [4.78, 5) is 12.9. The molecule has 0 aromatic heterocycles. The highest BCUT2D eigenvalue weighted by Gasteiger charge is 2.48. The molecule has 2 aliphatic rings. The lowest BCUT2D eigenvalue weighted by Gasteiger charge is -2.18. The second-order valence-electron chi connectivity index (χ2n) is 7.58. The molecule has 156 valence electrons. The van der Waals surface area contributed by atoms with Gasteiger partial charge in [-0.25, -0.2) is 4.99 Å². The van der Waals surface area contributed by atoms with E-state index < -0.39 is 0 Å². The minimum Gasteiger partial charge on any atom is -0.384 e. The molecule has 7 heteroatoms. The summed E-state index contributed by atoms with van der Waals surface area (Å²) in [5.41, 5.74) is 5.15. The maximum Gasteiger partial charge on any atom is 0.175 e. The van der Waals surface area contributed by atoms with Gasteiger partial charge in [-0.2, -0.15) is 0 Å². The van der Waals surface area contributed by atoms with E-state index in [0.717, 1.165) is 27.9 Å². The van der Waals surface area contributed by atoms with E-state index in [1.165, 1.54) is 11.1 Å². The Morgan fingerprint density at radius 2 is 1.61 bits per heavy atom. The Hall–Kier alpha value is -2.47. The van der Waals surface area contributed by atoms with E-state index in [1.54, 1.807) is 17.8 Å². The van der Waals surface area contributed by atoms with Gasteiger partial charge in [0.25, 0.3) is 0 Å². The normalized spacial score (nSPS) is 21.2. The molecule has 3 aromatic rings. The van der Waals surface area contributed by atoms with Crippen LogP contribution in [-0.2, 0) is 4.84 Å². The number of nitrogens with zero attached hydrogens (tertiary/aromatic N) is 3. The van der Waals surface area contributed by atoms with Crippen LogP contribution in [0, 0.1) is 13.8 Å². The summed E-state index contributed by atoms with van der Waals surface area (Å²) in [5, 5.41) is 6.41. The molecule has 1 fully saturated rings. The molecule has 31 heavy (non-hydrogen) atoms. The summed E-state index contributed by atoms with van der Waals surface area (Å²) in [6.07, 6.45) is -0.316. The van der Waals surface area contributed by atoms with Crippen LogP contribution in [0.1, 0.15) is 22.8 Å². The predicted octanol–water partition coefficient (Wildman–Crippen LogP) is 7.30. The fourth-order valence-corrected chi connectivity index (χ4v) is 5.37. The first kappa shape index (κ1) is 20.4. The molecule has 0 saturated carbocycles. The van der Waals surface area contributed by atoms with E-state index in [1.807, 2.05) is 24.3 Å². The molecule has 0 bridgehead atoms. The number of amidine groups is 2. The fraction of sp³-hybridized carbons (Fsp3) is 0.167. The van der Waals surface area contributed by atoms with Gasteiger partial charge < -0.3 is 4.84 Å². The van der Waals surface area contributed by atoms with Crippen molar-refractivity contribution in [3.63, 3.8) is 0 Å². The van der Waals surface area contributed by atoms with Crippen LogP contribution < -0.4 is 4.90 Å². The molecule has 0 N–H and O–H groups in total. The van der Waals surface area contributed by atoms with Gasteiger partial charge in [-0.1, -0.05) is 81.6 Å². The minimum absolute atomic E-state index is 0.0656. The summed E-state index contributed by atoms with van der Waals surface area (Å²) in [6.45, 7) is 4.14. The first-order valence-electron chi connectivity index (χ1n) is 9.87. The van der Waals surface area contributed by atoms with Crippen LogP contribution in [0.25, 0.3) is 0 Å². The summed E-state index contributed by atoms with van der Waals surface area (Å²) >= 11 is 14.2. The van der Waals surface area contributed by atoms with Gasteiger partial charge in [-0.05, 0) is 50.2 Å². The van der Waals surface area contributed by atoms with E-state index >= 15 is 0 Å². The SMILES string of the molecule is Cc1ccc(N=C2SC3C(=NOC3c3ccc(Cl)cc3Cl)N2c2ccc(C)cc2)cc1. The highest BCUT2D eigenvalue weighted by atomic mass is 35.5. The van der Waals surface area contributed by atoms with Crippen molar-refractivity contribution < 1.29 is 4.84 Å². The molecular weight excluding hydrogens is 449 g/mol. The van der Waals surface area contributed by atoms with Gasteiger partial charge in [-0.3, -0.25) is 4.90 Å². The molecule has 2 aliphatic heterocycles. The molecule has 2 atom stereocenters. The summed E-state index contributed by atoms with van der Waals surface area (Å²) in [6, 6.07) is 22.0. The third-order valence-corrected chi connectivity index (χ3v) is 7.02. The lowest BCUT2D eigenvalue weighted by molar-refractivity contribution is 0.0885. The van der Waals surface area contributed by atoms with Crippen molar-refractivity contribution in [2.24, 2.45) is 10.1 Å². The van der Waals surface area contributed by atoms with E-state index in [0.29, 0.717) is 10.0 Å². The Labute approximate surface area is 195 Å². The Kier molecular flexibility index (Phi) is 5.42. The molecule has 1 saturated heterocycles. The zero-order chi connectivity index (χ0) is 21.5. The number of benzene rings is 3. The van der Waals surface area contributed by atoms with E-state index in [9.17, 15) is 0 Å². The number of fused-ring (bicyclic) bond motifs is 1. The first-order chi connectivity index (χ1) is 15.0. The van der Waals surface area contributed by atoms with Gasteiger partial charge in [0.05, 0.1) is 5.69 Å². The van der Waals surface area contributed by atoms with Crippen LogP contribution >= 0.6 is 35.0 Å². The maximum atomic E-state index is 6.48. The molecule has 5 rings (SSSR count). The topological polar surface area (TPSA) is 37.2 Å². The highest BCUT2D eigenvalue weighted by molar-refractivity contribution is 8.16. The van der Waals surface area contributed by atoms with Gasteiger partial charge in [0.15, 0.2) is 17.1 Å². The van der Waals surface area contributed by atoms with Crippen LogP contribution in [0.5, 0.6) is 0 Å². The van der Waals surface area contributed by atoms with Crippen LogP contribution in [0.15, 0.2) is 76.9 Å². The third-order valence-electron chi connectivity index (χ3n) is 5.26. The second kappa shape index (κ2) is 8.23. The number of halogens is 2. The molecular formula is C24H19Cl2N3OS. The third kappa shape index (κ3) is 3.93. The van der Waals surface area contributed by atoms with Crippen molar-refractivity contribution in [3.05, 3.63) is 93.5 Å². The van der Waals surface area contributed by atoms with Crippen molar-refractivity contribution in [1.29, 1.82) is 0 Å². The first-order valence-corrected chi connectivity index (χ1v) is 11.5. The molecule has 4 nitrogen and oxygen atoms in total. The smallest absolute Gasteiger partial charge is 0.175 e. The Bertz CT molecular complexity index is 1190. The van der Waals surface area contributed by atoms with Crippen molar-refractivity contribution >= 4 is 57.3 Å². The summed E-state index contributed by atoms with van der Waals surface area (Å²) in [5.74, 6) is 0.815. The fourth-order valence-electron chi connectivity index (χ4n) is 3.59. The zero-order valence-electron chi connectivity index (χ0n) is 16.9. The average Bonchev–Trinajstić information content (AvgIpc) is 3.30. The Morgan fingerprint density at radius 3 is 2.29 bits per heavy atom. The van der Waals surface area contributed by atoms with Gasteiger partial charge in [0.1, 0.15) is 5.25 Å². The quantitative estimate of drug-likeness (QED) is 0.405. The maximum absolute atomic E-state index is 6.48. The van der Waals surface area contributed by atoms with Crippen LogP contribution in [0.3, 0.4) is 0 Å². The van der Waals surface area contributed by atoms with E-state index in [-0.39, 0.29) is 11.4 Å².